The van der Waals surface area contributed by atoms with Gasteiger partial charge in [0, 0.05) is 38.2 Å². The van der Waals surface area contributed by atoms with Crippen LogP contribution in [-0.4, -0.2) is 67.4 Å². The number of methoxy groups -OCH3 is 1. The van der Waals surface area contributed by atoms with Crippen molar-refractivity contribution in [3.8, 4) is 11.1 Å². The minimum absolute atomic E-state index is 0.0270. The van der Waals surface area contributed by atoms with Crippen molar-refractivity contribution >= 4 is 18.0 Å². The third-order valence-electron chi connectivity index (χ3n) is 6.39. The molecule has 0 saturated heterocycles. The topological polar surface area (TPSA) is 105 Å². The van der Waals surface area contributed by atoms with Gasteiger partial charge >= 0.3 is 12.1 Å². The van der Waals surface area contributed by atoms with Gasteiger partial charge in [-0.2, -0.15) is 0 Å². The molecular weight excluding hydrogens is 436 g/mol. The zero-order chi connectivity index (χ0) is 24.1. The van der Waals surface area contributed by atoms with Crippen molar-refractivity contribution in [1.82, 2.24) is 10.2 Å². The van der Waals surface area contributed by atoms with Crippen molar-refractivity contribution in [2.45, 2.75) is 24.9 Å². The first-order chi connectivity index (χ1) is 16.5. The van der Waals surface area contributed by atoms with E-state index in [0.29, 0.717) is 18.5 Å². The van der Waals surface area contributed by atoms with Crippen molar-refractivity contribution in [1.29, 1.82) is 0 Å². The molecule has 2 aromatic rings. The maximum atomic E-state index is 12.5. The lowest BCUT2D eigenvalue weighted by molar-refractivity contribution is -0.136. The summed E-state index contributed by atoms with van der Waals surface area (Å²) >= 11 is 0. The lowest BCUT2D eigenvalue weighted by Gasteiger charge is -2.27. The summed E-state index contributed by atoms with van der Waals surface area (Å²) in [4.78, 5) is 37.5. The Balaban J connectivity index is 1.27. The number of carbonyl (C=O) groups excluding carboxylic acids is 2. The molecule has 0 radical (unpaired) electrons. The number of carboxylic acid groups (broad SMARTS) is 1. The first-order valence-corrected chi connectivity index (χ1v) is 11.3. The molecule has 2 aliphatic rings. The predicted molar refractivity (Wildman–Crippen MR) is 125 cm³/mol. The number of aliphatic carboxylic acids is 1. The second-order valence-electron chi connectivity index (χ2n) is 8.39. The molecule has 34 heavy (non-hydrogen) atoms. The molecule has 1 heterocycles. The molecule has 1 unspecified atom stereocenters. The molecule has 0 fully saturated rings. The van der Waals surface area contributed by atoms with Gasteiger partial charge in [0.05, 0.1) is 12.5 Å². The fourth-order valence-electron chi connectivity index (χ4n) is 4.50. The van der Waals surface area contributed by atoms with Gasteiger partial charge in [-0.3, -0.25) is 4.79 Å². The number of hydrogen-bond donors (Lipinski definition) is 2. The monoisotopic (exact) mass is 464 g/mol. The van der Waals surface area contributed by atoms with E-state index in [0.717, 1.165) is 22.3 Å². The molecule has 2 N–H and O–H groups in total. The summed E-state index contributed by atoms with van der Waals surface area (Å²) in [5, 5.41) is 11.7. The summed E-state index contributed by atoms with van der Waals surface area (Å²) in [6, 6.07) is 16.2. The Morgan fingerprint density at radius 2 is 1.74 bits per heavy atom. The van der Waals surface area contributed by atoms with Crippen LogP contribution in [0.1, 0.15) is 29.9 Å². The van der Waals surface area contributed by atoms with Crippen molar-refractivity contribution in [2.75, 3.05) is 33.4 Å². The van der Waals surface area contributed by atoms with Crippen molar-refractivity contribution in [2.24, 2.45) is 0 Å². The number of carboxylic acids is 1. The molecule has 0 saturated carbocycles. The lowest BCUT2D eigenvalue weighted by Crippen LogP contribution is -2.41. The van der Waals surface area contributed by atoms with E-state index in [4.69, 9.17) is 14.6 Å². The van der Waals surface area contributed by atoms with Crippen molar-refractivity contribution < 1.29 is 29.0 Å². The Hall–Kier alpha value is -3.65. The van der Waals surface area contributed by atoms with Gasteiger partial charge in [-0.25, -0.2) is 9.59 Å². The van der Waals surface area contributed by atoms with Crippen LogP contribution in [0.25, 0.3) is 11.1 Å². The number of amides is 2. The van der Waals surface area contributed by atoms with E-state index in [9.17, 15) is 14.4 Å². The molecular formula is C26H28N2O6. The molecule has 178 valence electrons. The van der Waals surface area contributed by atoms with E-state index >= 15 is 0 Å². The molecule has 1 aliphatic carbocycles. The zero-order valence-electron chi connectivity index (χ0n) is 19.0. The lowest BCUT2D eigenvalue weighted by atomic mass is 9.98. The average molecular weight is 465 g/mol. The van der Waals surface area contributed by atoms with Crippen LogP contribution in [0.5, 0.6) is 0 Å². The Kier molecular flexibility index (Phi) is 7.27. The smallest absolute Gasteiger partial charge is 0.407 e. The van der Waals surface area contributed by atoms with E-state index in [-0.39, 0.29) is 37.9 Å². The number of nitrogens with zero attached hydrogens (tertiary/aromatic N) is 1. The minimum Gasteiger partial charge on any atom is -0.478 e. The number of alkyl carbamates (subject to hydrolysis) is 1. The van der Waals surface area contributed by atoms with Crippen molar-refractivity contribution in [3.63, 3.8) is 0 Å². The van der Waals surface area contributed by atoms with Crippen LogP contribution in [0.2, 0.25) is 0 Å². The molecule has 1 aliphatic heterocycles. The van der Waals surface area contributed by atoms with Gasteiger partial charge in [0.2, 0.25) is 5.91 Å². The predicted octanol–water partition coefficient (Wildman–Crippen LogP) is 3.17. The summed E-state index contributed by atoms with van der Waals surface area (Å²) in [5.74, 6) is -1.13. The number of nitrogens with one attached hydrogen (secondary N) is 1. The summed E-state index contributed by atoms with van der Waals surface area (Å²) in [6.45, 7) is 0.954. The Bertz CT molecular complexity index is 1070. The summed E-state index contributed by atoms with van der Waals surface area (Å²) < 4.78 is 10.9. The fourth-order valence-corrected chi connectivity index (χ4v) is 4.50. The minimum atomic E-state index is -0.950. The van der Waals surface area contributed by atoms with Gasteiger partial charge in [-0.15, -0.1) is 0 Å². The largest absolute Gasteiger partial charge is 0.478 e. The first-order valence-electron chi connectivity index (χ1n) is 11.3. The zero-order valence-corrected chi connectivity index (χ0v) is 19.0. The quantitative estimate of drug-likeness (QED) is 0.622. The highest BCUT2D eigenvalue weighted by Gasteiger charge is 2.29. The fraction of sp³-hybridized carbons (Fsp3) is 0.346. The van der Waals surface area contributed by atoms with Gasteiger partial charge in [-0.05, 0) is 28.7 Å². The van der Waals surface area contributed by atoms with E-state index in [1.807, 2.05) is 24.3 Å². The van der Waals surface area contributed by atoms with Crippen molar-refractivity contribution in [3.05, 3.63) is 71.3 Å². The van der Waals surface area contributed by atoms with Crippen LogP contribution >= 0.6 is 0 Å². The first kappa shape index (κ1) is 23.5. The number of carbonyl (C=O) groups is 3. The number of ether oxygens (including phenoxy) is 2. The van der Waals surface area contributed by atoms with Gasteiger partial charge in [0.1, 0.15) is 6.61 Å². The average Bonchev–Trinajstić information content (AvgIpc) is 3.18. The third-order valence-corrected chi connectivity index (χ3v) is 6.39. The second-order valence-corrected chi connectivity index (χ2v) is 8.39. The van der Waals surface area contributed by atoms with Crippen LogP contribution in [0.15, 0.2) is 60.2 Å². The van der Waals surface area contributed by atoms with E-state index in [1.165, 1.54) is 7.11 Å². The maximum Gasteiger partial charge on any atom is 0.407 e. The molecule has 0 spiro atoms. The number of hydrogen-bond acceptors (Lipinski definition) is 5. The number of fused-ring (bicyclic) bond motifs is 3. The van der Waals surface area contributed by atoms with E-state index in [2.05, 4.69) is 29.6 Å². The second kappa shape index (κ2) is 10.5. The van der Waals surface area contributed by atoms with Gasteiger partial charge in [-0.1, -0.05) is 54.6 Å². The highest BCUT2D eigenvalue weighted by Crippen LogP contribution is 2.44. The van der Waals surface area contributed by atoms with E-state index in [1.54, 1.807) is 11.0 Å². The molecule has 2 amide bonds. The summed E-state index contributed by atoms with van der Waals surface area (Å²) in [5.41, 5.74) is 4.92. The Morgan fingerprint density at radius 1 is 1.09 bits per heavy atom. The van der Waals surface area contributed by atoms with Crippen LogP contribution in [0.3, 0.4) is 0 Å². The number of benzene rings is 2. The normalized spacial score (nSPS) is 15.7. The maximum absolute atomic E-state index is 12.5. The van der Waals surface area contributed by atoms with Gasteiger partial charge in [0.25, 0.3) is 0 Å². The highest BCUT2D eigenvalue weighted by atomic mass is 16.5. The van der Waals surface area contributed by atoms with Gasteiger partial charge < -0.3 is 24.8 Å². The van der Waals surface area contributed by atoms with Gasteiger partial charge in [0.15, 0.2) is 0 Å². The summed E-state index contributed by atoms with van der Waals surface area (Å²) in [7, 11) is 1.48. The molecule has 8 heteroatoms. The van der Waals surface area contributed by atoms with Crippen LogP contribution in [0.4, 0.5) is 4.79 Å². The Labute approximate surface area is 198 Å². The van der Waals surface area contributed by atoms with Crippen LogP contribution in [0, 0.1) is 0 Å². The third kappa shape index (κ3) is 5.12. The van der Waals surface area contributed by atoms with E-state index < -0.39 is 18.2 Å². The standard InChI is InChI=1S/C26H28N2O6/c1-33-18(14-24(29)28-12-10-17(11-13-28)25(30)31)15-27-26(32)34-16-23-21-8-4-2-6-19(21)20-7-3-5-9-22(20)23/h2-10,18,23H,11-16H2,1H3,(H,27,32)(H,30,31). The molecule has 1 atom stereocenters. The molecule has 4 rings (SSSR count). The molecule has 8 nitrogen and oxygen atoms in total. The molecule has 0 aromatic heterocycles. The van der Waals surface area contributed by atoms with Crippen LogP contribution in [-0.2, 0) is 19.1 Å². The van der Waals surface area contributed by atoms with Crippen LogP contribution < -0.4 is 5.32 Å². The number of rotatable bonds is 8. The SMILES string of the molecule is COC(CNC(=O)OCC1c2ccccc2-c2ccccc21)CC(=O)N1CC=C(C(=O)O)CC1. The molecule has 0 bridgehead atoms. The Morgan fingerprint density at radius 3 is 2.29 bits per heavy atom. The molecule has 2 aromatic carbocycles. The highest BCUT2D eigenvalue weighted by molar-refractivity contribution is 5.87. The summed E-state index contributed by atoms with van der Waals surface area (Å²) in [6.07, 6.45) is 0.870.